The van der Waals surface area contributed by atoms with Gasteiger partial charge in [0, 0.05) is 48.1 Å². The largest absolute Gasteiger partial charge is 0.384 e. The number of anilines is 2. The van der Waals surface area contributed by atoms with Crippen molar-refractivity contribution in [1.82, 2.24) is 25.2 Å². The molecule has 2 aliphatic heterocycles. The Kier molecular flexibility index (Phi) is 4.35. The molecule has 8 nitrogen and oxygen atoms in total. The second-order valence-corrected chi connectivity index (χ2v) is 7.99. The number of hydrogen-bond donors (Lipinski definition) is 4. The highest BCUT2D eigenvalue weighted by Gasteiger charge is 2.35. The van der Waals surface area contributed by atoms with Crippen LogP contribution in [0.2, 0.25) is 0 Å². The number of benzene rings is 1. The third kappa shape index (κ3) is 3.29. The number of urea groups is 1. The summed E-state index contributed by atoms with van der Waals surface area (Å²) in [6.07, 6.45) is 6.54. The lowest BCUT2D eigenvalue weighted by molar-refractivity contribution is 0.254. The van der Waals surface area contributed by atoms with Crippen molar-refractivity contribution < 1.29 is 4.79 Å². The molecule has 2 aromatic heterocycles. The molecule has 5 rings (SSSR count). The summed E-state index contributed by atoms with van der Waals surface area (Å²) < 4.78 is 1.70. The first kappa shape index (κ1) is 17.9. The number of amides is 2. The second-order valence-electron chi connectivity index (χ2n) is 7.99. The molecule has 1 aromatic carbocycles. The van der Waals surface area contributed by atoms with Gasteiger partial charge < -0.3 is 21.7 Å². The summed E-state index contributed by atoms with van der Waals surface area (Å²) in [4.78, 5) is 16.5. The number of aromatic nitrogens is 3. The van der Waals surface area contributed by atoms with E-state index in [1.54, 1.807) is 17.8 Å². The molecule has 2 bridgehead atoms. The highest BCUT2D eigenvalue weighted by Crippen LogP contribution is 2.37. The number of carbonyl (C=O) groups excluding carboxylic acids is 1. The molecule has 0 saturated carbocycles. The highest BCUT2D eigenvalue weighted by molar-refractivity contribution is 5.89. The van der Waals surface area contributed by atoms with E-state index in [4.69, 9.17) is 10.7 Å². The summed E-state index contributed by atoms with van der Waals surface area (Å²) in [6, 6.07) is 10.6. The van der Waals surface area contributed by atoms with Crippen molar-refractivity contribution >= 4 is 23.2 Å². The minimum Gasteiger partial charge on any atom is -0.384 e. The molecule has 1 unspecified atom stereocenters. The molecule has 2 fully saturated rings. The normalized spacial score (nSPS) is 23.3. The number of rotatable bonds is 3. The molecule has 2 saturated heterocycles. The van der Waals surface area contributed by atoms with Gasteiger partial charge in [-0.15, -0.1) is 0 Å². The number of nitrogens with zero attached hydrogens (tertiary/aromatic N) is 3. The van der Waals surface area contributed by atoms with Gasteiger partial charge in [0.05, 0.1) is 6.20 Å². The first-order chi connectivity index (χ1) is 14.1. The van der Waals surface area contributed by atoms with Crippen molar-refractivity contribution in [3.8, 4) is 11.1 Å². The minimum absolute atomic E-state index is 0.247. The van der Waals surface area contributed by atoms with E-state index in [0.717, 1.165) is 41.0 Å². The minimum atomic E-state index is -0.247. The number of carbonyl (C=O) groups is 1. The average Bonchev–Trinajstić information content (AvgIpc) is 3.31. The number of nitrogens with two attached hydrogens (primary N) is 1. The zero-order chi connectivity index (χ0) is 20.0. The number of nitrogen functional groups attached to an aromatic ring is 1. The summed E-state index contributed by atoms with van der Waals surface area (Å²) in [6.45, 7) is 0. The van der Waals surface area contributed by atoms with Gasteiger partial charge in [0.25, 0.3) is 0 Å². The Balaban J connectivity index is 1.48. The average molecular weight is 391 g/mol. The van der Waals surface area contributed by atoms with E-state index in [9.17, 15) is 4.79 Å². The van der Waals surface area contributed by atoms with Crippen molar-refractivity contribution in [2.45, 2.75) is 43.7 Å². The summed E-state index contributed by atoms with van der Waals surface area (Å²) in [5.74, 6) is 1.04. The number of piperidine rings is 1. The third-order valence-electron chi connectivity index (χ3n) is 6.09. The van der Waals surface area contributed by atoms with Crippen LogP contribution in [0, 0.1) is 0 Å². The number of hydrogen-bond acceptors (Lipinski definition) is 5. The summed E-state index contributed by atoms with van der Waals surface area (Å²) in [5.41, 5.74) is 10.8. The van der Waals surface area contributed by atoms with Crippen LogP contribution >= 0.6 is 0 Å². The highest BCUT2D eigenvalue weighted by atomic mass is 16.2. The van der Waals surface area contributed by atoms with Crippen LogP contribution in [0.3, 0.4) is 0 Å². The van der Waals surface area contributed by atoms with Crippen molar-refractivity contribution in [2.24, 2.45) is 0 Å². The van der Waals surface area contributed by atoms with E-state index >= 15 is 0 Å². The maximum absolute atomic E-state index is 11.5. The van der Waals surface area contributed by atoms with Crippen LogP contribution in [-0.2, 0) is 0 Å². The molecule has 150 valence electrons. The topological polar surface area (TPSA) is 109 Å². The molecule has 3 atom stereocenters. The Hall–Kier alpha value is -3.13. The van der Waals surface area contributed by atoms with Crippen LogP contribution in [0.1, 0.15) is 37.3 Å². The van der Waals surface area contributed by atoms with E-state index in [-0.39, 0.29) is 6.03 Å². The third-order valence-corrected chi connectivity index (χ3v) is 6.09. The first-order valence-electron chi connectivity index (χ1n) is 10.1. The summed E-state index contributed by atoms with van der Waals surface area (Å²) in [5, 5.41) is 13.4. The van der Waals surface area contributed by atoms with Crippen LogP contribution in [0.15, 0.2) is 36.5 Å². The van der Waals surface area contributed by atoms with Gasteiger partial charge in [-0.05, 0) is 43.4 Å². The maximum Gasteiger partial charge on any atom is 0.318 e. The van der Waals surface area contributed by atoms with Crippen LogP contribution in [0.4, 0.5) is 16.3 Å². The Labute approximate surface area is 168 Å². The number of fused-ring (bicyclic) bond motifs is 3. The molecule has 3 aromatic rings. The zero-order valence-electron chi connectivity index (χ0n) is 16.4. The van der Waals surface area contributed by atoms with Crippen molar-refractivity contribution in [3.05, 3.63) is 42.2 Å². The molecule has 4 heterocycles. The Bertz CT molecular complexity index is 1050. The SMILES string of the molecule is CNC(=O)Nc1ccc(-c2cnn3c(N)cc(C4C[C@H]5CC[C@@H](C4)N5)nc23)cc1. The van der Waals surface area contributed by atoms with Crippen LogP contribution < -0.4 is 21.7 Å². The molecule has 29 heavy (non-hydrogen) atoms. The fourth-order valence-corrected chi connectivity index (χ4v) is 4.64. The van der Waals surface area contributed by atoms with Crippen molar-refractivity contribution in [3.63, 3.8) is 0 Å². The van der Waals surface area contributed by atoms with E-state index < -0.39 is 0 Å². The smallest absolute Gasteiger partial charge is 0.318 e. The maximum atomic E-state index is 11.5. The zero-order valence-corrected chi connectivity index (χ0v) is 16.4. The molecule has 2 aliphatic rings. The molecule has 2 amide bonds. The van der Waals surface area contributed by atoms with Gasteiger partial charge in [0.15, 0.2) is 5.65 Å². The lowest BCUT2D eigenvalue weighted by Gasteiger charge is -2.28. The lowest BCUT2D eigenvalue weighted by Crippen LogP contribution is -2.37. The predicted molar refractivity (Wildman–Crippen MR) is 113 cm³/mol. The molecule has 0 aliphatic carbocycles. The van der Waals surface area contributed by atoms with E-state index in [2.05, 4.69) is 21.0 Å². The van der Waals surface area contributed by atoms with Gasteiger partial charge >= 0.3 is 6.03 Å². The second kappa shape index (κ2) is 7.04. The van der Waals surface area contributed by atoms with Gasteiger partial charge in [0.1, 0.15) is 5.82 Å². The summed E-state index contributed by atoms with van der Waals surface area (Å²) in [7, 11) is 1.59. The van der Waals surface area contributed by atoms with Gasteiger partial charge in [-0.3, -0.25) is 0 Å². The molecule has 0 radical (unpaired) electrons. The van der Waals surface area contributed by atoms with E-state index in [1.807, 2.05) is 30.3 Å². The summed E-state index contributed by atoms with van der Waals surface area (Å²) >= 11 is 0. The predicted octanol–water partition coefficient (Wildman–Crippen LogP) is 2.73. The van der Waals surface area contributed by atoms with Crippen molar-refractivity contribution in [1.29, 1.82) is 0 Å². The molecule has 0 spiro atoms. The molecular weight excluding hydrogens is 366 g/mol. The van der Waals surface area contributed by atoms with Crippen LogP contribution in [0.5, 0.6) is 0 Å². The van der Waals surface area contributed by atoms with Crippen LogP contribution in [-0.4, -0.2) is 39.8 Å². The van der Waals surface area contributed by atoms with Gasteiger partial charge in [-0.25, -0.2) is 9.78 Å². The van der Waals surface area contributed by atoms with Gasteiger partial charge in [-0.1, -0.05) is 12.1 Å². The van der Waals surface area contributed by atoms with Crippen LogP contribution in [0.25, 0.3) is 16.8 Å². The monoisotopic (exact) mass is 391 g/mol. The molecule has 8 heteroatoms. The Morgan fingerprint density at radius 3 is 2.62 bits per heavy atom. The first-order valence-corrected chi connectivity index (χ1v) is 10.1. The standard InChI is InChI=1S/C21H25N7O/c1-23-21(29)26-14-4-2-12(3-5-14)17-11-24-28-19(22)10-18(27-20(17)28)13-8-15-6-7-16(9-13)25-15/h2-5,10-11,13,15-16,25H,6-9,22H2,1H3,(H2,23,26,29)/t13?,15-,16+. The van der Waals surface area contributed by atoms with Crippen molar-refractivity contribution in [2.75, 3.05) is 18.1 Å². The van der Waals surface area contributed by atoms with E-state index in [0.29, 0.717) is 23.8 Å². The van der Waals surface area contributed by atoms with Gasteiger partial charge in [0.2, 0.25) is 0 Å². The quantitative estimate of drug-likeness (QED) is 0.549. The fourth-order valence-electron chi connectivity index (χ4n) is 4.64. The number of nitrogens with one attached hydrogen (secondary N) is 3. The Morgan fingerprint density at radius 1 is 1.21 bits per heavy atom. The lowest BCUT2D eigenvalue weighted by atomic mass is 9.89. The molecular formula is C21H25N7O. The molecule has 5 N–H and O–H groups in total. The fraction of sp³-hybridized carbons (Fsp3) is 0.381. The van der Waals surface area contributed by atoms with E-state index in [1.165, 1.54) is 12.8 Å². The Morgan fingerprint density at radius 2 is 1.93 bits per heavy atom. The van der Waals surface area contributed by atoms with Gasteiger partial charge in [-0.2, -0.15) is 9.61 Å².